The normalized spacial score (nSPS) is 18.1. The maximum atomic E-state index is 13.4. The number of carbonyl (C=O) groups excluding carboxylic acids is 1. The summed E-state index contributed by atoms with van der Waals surface area (Å²) in [6.07, 6.45) is -3.10. The van der Waals surface area contributed by atoms with Crippen LogP contribution in [0, 0.1) is 0 Å². The Morgan fingerprint density at radius 3 is 2.14 bits per heavy atom. The number of alkyl halides is 3. The Hall–Kier alpha value is -4.04. The first-order chi connectivity index (χ1) is 23.2. The Morgan fingerprint density at radius 2 is 1.56 bits per heavy atom. The monoisotopic (exact) mass is 737 g/mol. The van der Waals surface area contributed by atoms with Gasteiger partial charge in [-0.15, -0.1) is 24.8 Å². The lowest BCUT2D eigenvalue weighted by Gasteiger charge is -2.53. The molecule has 2 aliphatic heterocycles. The Morgan fingerprint density at radius 1 is 0.900 bits per heavy atom. The summed E-state index contributed by atoms with van der Waals surface area (Å²) in [4.78, 5) is 28.3. The third-order valence-electron chi connectivity index (χ3n) is 8.72. The van der Waals surface area contributed by atoms with E-state index in [0.717, 1.165) is 11.1 Å². The lowest BCUT2D eigenvalue weighted by Crippen LogP contribution is -2.67. The van der Waals surface area contributed by atoms with Crippen LogP contribution in [-0.2, 0) is 6.54 Å². The second-order valence-electron chi connectivity index (χ2n) is 11.8. The molecule has 6 rings (SSSR count). The zero-order valence-corrected chi connectivity index (χ0v) is 29.3. The molecule has 0 bridgehead atoms. The zero-order chi connectivity index (χ0) is 33.7. The summed E-state index contributed by atoms with van der Waals surface area (Å²) in [7, 11) is 1.40. The van der Waals surface area contributed by atoms with Gasteiger partial charge in [0.1, 0.15) is 0 Å². The van der Waals surface area contributed by atoms with Gasteiger partial charge in [0.15, 0.2) is 12.4 Å². The molecule has 2 fully saturated rings. The Labute approximate surface area is 301 Å². The fourth-order valence-electron chi connectivity index (χ4n) is 6.75. The molecule has 10 nitrogen and oxygen atoms in total. The lowest BCUT2D eigenvalue weighted by molar-refractivity contribution is -0.154. The van der Waals surface area contributed by atoms with Crippen LogP contribution in [0.4, 0.5) is 13.2 Å². The Kier molecular flexibility index (Phi) is 13.4. The first kappa shape index (κ1) is 38.8. The average molecular weight is 739 g/mol. The Bertz CT molecular complexity index is 1610. The van der Waals surface area contributed by atoms with Crippen molar-refractivity contribution in [1.82, 2.24) is 24.7 Å². The van der Waals surface area contributed by atoms with E-state index >= 15 is 0 Å². The molecule has 0 radical (unpaired) electrons. The summed E-state index contributed by atoms with van der Waals surface area (Å²) in [5.74, 6) is -0.111. The SMILES string of the molecule is CCOc1nc(OC)c(CN2C[C@@H]3CN(C(=O)c4ccco4)CCN3[C@H](C(c3ccccc3)c3ccccc3)C2)c(OCC(F)(F)F)n1.Cl.Cl. The van der Waals surface area contributed by atoms with Crippen LogP contribution in [0.3, 0.4) is 0 Å². The van der Waals surface area contributed by atoms with Gasteiger partial charge in [-0.3, -0.25) is 14.6 Å². The third-order valence-corrected chi connectivity index (χ3v) is 8.72. The van der Waals surface area contributed by atoms with Crippen molar-refractivity contribution in [3.63, 3.8) is 0 Å². The fraction of sp³-hybridized carbons (Fsp3) is 0.400. The van der Waals surface area contributed by atoms with Gasteiger partial charge in [0, 0.05) is 57.3 Å². The molecule has 2 aromatic heterocycles. The molecule has 2 saturated heterocycles. The summed E-state index contributed by atoms with van der Waals surface area (Å²) in [6, 6.07) is 23.6. The van der Waals surface area contributed by atoms with Crippen LogP contribution >= 0.6 is 24.8 Å². The molecule has 1 amide bonds. The van der Waals surface area contributed by atoms with Crippen LogP contribution in [-0.4, -0.2) is 102 Å². The average Bonchev–Trinajstić information content (AvgIpc) is 3.64. The van der Waals surface area contributed by atoms with E-state index in [4.69, 9.17) is 18.6 Å². The van der Waals surface area contributed by atoms with Gasteiger partial charge in [-0.2, -0.15) is 23.1 Å². The maximum Gasteiger partial charge on any atom is 0.422 e. The van der Waals surface area contributed by atoms with Crippen LogP contribution in [0.2, 0.25) is 0 Å². The highest BCUT2D eigenvalue weighted by atomic mass is 35.5. The molecule has 0 N–H and O–H groups in total. The van der Waals surface area contributed by atoms with Crippen molar-refractivity contribution in [3.05, 3.63) is 102 Å². The van der Waals surface area contributed by atoms with E-state index in [-0.39, 0.29) is 91.0 Å². The topological polar surface area (TPSA) is 93.4 Å². The number of hydrogen-bond acceptors (Lipinski definition) is 9. The van der Waals surface area contributed by atoms with Crippen molar-refractivity contribution in [2.75, 3.05) is 53.0 Å². The number of carbonyl (C=O) groups is 1. The minimum atomic E-state index is -4.58. The van der Waals surface area contributed by atoms with E-state index in [1.807, 2.05) is 36.4 Å². The molecule has 2 aromatic carbocycles. The number of fused-ring (bicyclic) bond motifs is 1. The van der Waals surface area contributed by atoms with Gasteiger partial charge in [0.25, 0.3) is 5.91 Å². The van der Waals surface area contributed by atoms with E-state index in [0.29, 0.717) is 32.7 Å². The molecule has 4 heterocycles. The summed E-state index contributed by atoms with van der Waals surface area (Å²) >= 11 is 0. The van der Waals surface area contributed by atoms with Crippen molar-refractivity contribution in [1.29, 1.82) is 0 Å². The van der Waals surface area contributed by atoms with Gasteiger partial charge in [-0.25, -0.2) is 0 Å². The van der Waals surface area contributed by atoms with E-state index in [9.17, 15) is 18.0 Å². The van der Waals surface area contributed by atoms with Crippen molar-refractivity contribution >= 4 is 30.7 Å². The van der Waals surface area contributed by atoms with Gasteiger partial charge >= 0.3 is 12.2 Å². The number of furan rings is 1. The molecule has 270 valence electrons. The molecule has 0 spiro atoms. The first-order valence-corrected chi connectivity index (χ1v) is 15.9. The number of piperazine rings is 2. The molecule has 15 heteroatoms. The largest absolute Gasteiger partial charge is 0.481 e. The van der Waals surface area contributed by atoms with Crippen molar-refractivity contribution in [3.8, 4) is 17.8 Å². The molecule has 50 heavy (non-hydrogen) atoms. The number of hydrogen-bond donors (Lipinski definition) is 0. The van der Waals surface area contributed by atoms with Gasteiger partial charge < -0.3 is 23.5 Å². The highest BCUT2D eigenvalue weighted by Gasteiger charge is 2.44. The molecule has 4 aromatic rings. The van der Waals surface area contributed by atoms with Gasteiger partial charge in [-0.05, 0) is 30.2 Å². The quantitative estimate of drug-likeness (QED) is 0.181. The number of nitrogens with zero attached hydrogens (tertiary/aromatic N) is 5. The smallest absolute Gasteiger partial charge is 0.422 e. The number of methoxy groups -OCH3 is 1. The van der Waals surface area contributed by atoms with Crippen LogP contribution in [0.1, 0.15) is 40.1 Å². The summed E-state index contributed by atoms with van der Waals surface area (Å²) in [5, 5.41) is 0. The van der Waals surface area contributed by atoms with E-state index in [1.54, 1.807) is 24.0 Å². The zero-order valence-electron chi connectivity index (χ0n) is 27.6. The first-order valence-electron chi connectivity index (χ1n) is 15.9. The van der Waals surface area contributed by atoms with Crippen molar-refractivity contribution < 1.29 is 36.6 Å². The molecule has 0 unspecified atom stereocenters. The summed E-state index contributed by atoms with van der Waals surface area (Å²) < 4.78 is 61.6. The van der Waals surface area contributed by atoms with E-state index < -0.39 is 12.8 Å². The van der Waals surface area contributed by atoms with Gasteiger partial charge in [0.05, 0.1) is 25.5 Å². The minimum Gasteiger partial charge on any atom is -0.481 e. The van der Waals surface area contributed by atoms with Gasteiger partial charge in [0.2, 0.25) is 11.8 Å². The second kappa shape index (κ2) is 17.3. The number of benzene rings is 2. The number of halogens is 5. The highest BCUT2D eigenvalue weighted by molar-refractivity contribution is 5.91. The van der Waals surface area contributed by atoms with Crippen molar-refractivity contribution in [2.24, 2.45) is 0 Å². The maximum absolute atomic E-state index is 13.4. The fourth-order valence-corrected chi connectivity index (χ4v) is 6.75. The summed E-state index contributed by atoms with van der Waals surface area (Å²) in [6.45, 7) is 3.23. The highest BCUT2D eigenvalue weighted by Crippen LogP contribution is 2.38. The predicted octanol–water partition coefficient (Wildman–Crippen LogP) is 6.10. The Balaban J connectivity index is 0.00000281. The van der Waals surface area contributed by atoms with E-state index in [2.05, 4.69) is 44.0 Å². The number of ether oxygens (including phenoxy) is 3. The molecule has 0 aliphatic carbocycles. The number of rotatable bonds is 11. The molecule has 0 saturated carbocycles. The number of amides is 1. The minimum absolute atomic E-state index is 0. The molecular weight excluding hydrogens is 698 g/mol. The van der Waals surface area contributed by atoms with Crippen LogP contribution < -0.4 is 14.2 Å². The van der Waals surface area contributed by atoms with Gasteiger partial charge in [-0.1, -0.05) is 60.7 Å². The van der Waals surface area contributed by atoms with E-state index in [1.165, 1.54) is 13.4 Å². The lowest BCUT2D eigenvalue weighted by atomic mass is 9.81. The second-order valence-corrected chi connectivity index (χ2v) is 11.8. The molecule has 2 aliphatic rings. The predicted molar refractivity (Wildman–Crippen MR) is 185 cm³/mol. The molecule has 2 atom stereocenters. The van der Waals surface area contributed by atoms with Crippen LogP contribution in [0.25, 0.3) is 0 Å². The molecular formula is C35H40Cl2F3N5O5. The van der Waals surface area contributed by atoms with Crippen LogP contribution in [0.15, 0.2) is 83.5 Å². The number of aromatic nitrogens is 2. The van der Waals surface area contributed by atoms with Crippen LogP contribution in [0.5, 0.6) is 17.8 Å². The standard InChI is InChI=1S/C35H38F3N5O5.2ClH/c1-3-46-34-39-31(45-2)27(32(40-34)48-23-35(36,37)38)21-41-19-26-20-42(33(44)29-15-10-18-47-29)16-17-43(26)28(22-41)30(24-11-6-4-7-12-24)25-13-8-5-9-14-25;;/h4-15,18,26,28,30H,3,16-17,19-23H2,1-2H3;2*1H/t26-,28+;;/m1../s1. The van der Waals surface area contributed by atoms with Crippen molar-refractivity contribution in [2.45, 2.75) is 37.6 Å². The third kappa shape index (κ3) is 9.00. The summed E-state index contributed by atoms with van der Waals surface area (Å²) in [5.41, 5.74) is 2.56.